The summed E-state index contributed by atoms with van der Waals surface area (Å²) in [6, 6.07) is 1.47. The van der Waals surface area contributed by atoms with Crippen LogP contribution in [-0.2, 0) is 16.6 Å². The van der Waals surface area contributed by atoms with Gasteiger partial charge in [0.25, 0.3) is 0 Å². The molecule has 2 heterocycles. The quantitative estimate of drug-likeness (QED) is 0.785. The molecule has 1 aromatic rings. The number of hydrogen-bond acceptors (Lipinski definition) is 4. The highest BCUT2D eigenvalue weighted by Gasteiger charge is 2.23. The lowest BCUT2D eigenvalue weighted by Crippen LogP contribution is -2.35. The first-order chi connectivity index (χ1) is 9.04. The van der Waals surface area contributed by atoms with Gasteiger partial charge < -0.3 is 15.0 Å². The molecule has 0 spiro atoms. The van der Waals surface area contributed by atoms with E-state index in [1.54, 1.807) is 7.05 Å². The van der Waals surface area contributed by atoms with E-state index in [2.05, 4.69) is 9.88 Å². The number of sulfonamides is 1. The van der Waals surface area contributed by atoms with Crippen molar-refractivity contribution in [1.82, 2.24) is 14.2 Å². The van der Waals surface area contributed by atoms with Crippen molar-refractivity contribution in [3.05, 3.63) is 18.0 Å². The van der Waals surface area contributed by atoms with Crippen molar-refractivity contribution in [2.45, 2.75) is 24.3 Å². The Balaban J connectivity index is 1.97. The Kier molecular flexibility index (Phi) is 4.62. The van der Waals surface area contributed by atoms with E-state index in [0.717, 1.165) is 19.6 Å². The zero-order valence-corrected chi connectivity index (χ0v) is 12.0. The van der Waals surface area contributed by atoms with Crippen molar-refractivity contribution in [2.75, 3.05) is 33.2 Å². The first-order valence-electron chi connectivity index (χ1n) is 6.51. The summed E-state index contributed by atoms with van der Waals surface area (Å²) in [5.74, 6) is 0. The average Bonchev–Trinajstić information content (AvgIpc) is 3.06. The zero-order valence-electron chi connectivity index (χ0n) is 11.2. The van der Waals surface area contributed by atoms with Crippen molar-refractivity contribution in [3.63, 3.8) is 0 Å². The molecule has 0 aliphatic carbocycles. The number of aliphatic hydroxyl groups excluding tert-OH is 1. The summed E-state index contributed by atoms with van der Waals surface area (Å²) in [5, 5.41) is 8.96. The average molecular weight is 287 g/mol. The molecule has 19 heavy (non-hydrogen) atoms. The van der Waals surface area contributed by atoms with E-state index in [0.29, 0.717) is 12.2 Å². The Bertz CT molecular complexity index is 506. The van der Waals surface area contributed by atoms with Gasteiger partial charge in [0.2, 0.25) is 10.0 Å². The smallest absolute Gasteiger partial charge is 0.244 e. The SMILES string of the molecule is CN(CCN1CCCC1)S(=O)(=O)c1c[nH]c(CO)c1. The highest BCUT2D eigenvalue weighted by atomic mass is 32.2. The molecule has 1 aromatic heterocycles. The van der Waals surface area contributed by atoms with Crippen LogP contribution in [-0.4, -0.2) is 60.9 Å². The molecule has 7 heteroatoms. The third-order valence-corrected chi connectivity index (χ3v) is 5.36. The second kappa shape index (κ2) is 6.04. The van der Waals surface area contributed by atoms with Crippen molar-refractivity contribution in [1.29, 1.82) is 0 Å². The van der Waals surface area contributed by atoms with Gasteiger partial charge in [-0.25, -0.2) is 8.42 Å². The lowest BCUT2D eigenvalue weighted by atomic mass is 10.4. The molecule has 1 aliphatic rings. The molecule has 0 amide bonds. The van der Waals surface area contributed by atoms with E-state index in [9.17, 15) is 8.42 Å². The van der Waals surface area contributed by atoms with Gasteiger partial charge in [0.05, 0.1) is 11.5 Å². The molecular formula is C12H21N3O3S. The fourth-order valence-corrected chi connectivity index (χ4v) is 3.43. The molecular weight excluding hydrogens is 266 g/mol. The van der Waals surface area contributed by atoms with Crippen LogP contribution in [0.5, 0.6) is 0 Å². The largest absolute Gasteiger partial charge is 0.390 e. The molecule has 2 N–H and O–H groups in total. The lowest BCUT2D eigenvalue weighted by Gasteiger charge is -2.20. The first kappa shape index (κ1) is 14.5. The number of likely N-dealkylation sites (N-methyl/N-ethyl adjacent to an activating group) is 1. The number of likely N-dealkylation sites (tertiary alicyclic amines) is 1. The lowest BCUT2D eigenvalue weighted by molar-refractivity contribution is 0.277. The summed E-state index contributed by atoms with van der Waals surface area (Å²) < 4.78 is 25.9. The molecule has 0 atom stereocenters. The molecule has 6 nitrogen and oxygen atoms in total. The van der Waals surface area contributed by atoms with Crippen LogP contribution < -0.4 is 0 Å². The number of aromatic nitrogens is 1. The minimum atomic E-state index is -3.46. The van der Waals surface area contributed by atoms with Crippen LogP contribution in [0.2, 0.25) is 0 Å². The van der Waals surface area contributed by atoms with Crippen LogP contribution >= 0.6 is 0 Å². The Morgan fingerprint density at radius 1 is 1.42 bits per heavy atom. The number of H-pyrrole nitrogens is 1. The second-order valence-corrected chi connectivity index (χ2v) is 6.94. The third-order valence-electron chi connectivity index (χ3n) is 3.52. The predicted octanol–water partition coefficient (Wildman–Crippen LogP) is 0.223. The first-order valence-corrected chi connectivity index (χ1v) is 7.95. The van der Waals surface area contributed by atoms with Crippen LogP contribution in [0.25, 0.3) is 0 Å². The minimum absolute atomic E-state index is 0.187. The Labute approximate surface area is 114 Å². The maximum Gasteiger partial charge on any atom is 0.244 e. The normalized spacial score (nSPS) is 17.4. The Morgan fingerprint density at radius 2 is 2.11 bits per heavy atom. The van der Waals surface area contributed by atoms with Crippen molar-refractivity contribution < 1.29 is 13.5 Å². The van der Waals surface area contributed by atoms with Gasteiger partial charge >= 0.3 is 0 Å². The molecule has 1 fully saturated rings. The molecule has 0 unspecified atom stereocenters. The van der Waals surface area contributed by atoms with Crippen molar-refractivity contribution in [3.8, 4) is 0 Å². The summed E-state index contributed by atoms with van der Waals surface area (Å²) >= 11 is 0. The van der Waals surface area contributed by atoms with E-state index >= 15 is 0 Å². The molecule has 108 valence electrons. The van der Waals surface area contributed by atoms with Crippen LogP contribution in [0.15, 0.2) is 17.2 Å². The van der Waals surface area contributed by atoms with Gasteiger partial charge in [-0.1, -0.05) is 0 Å². The molecule has 1 saturated heterocycles. The fraction of sp³-hybridized carbons (Fsp3) is 0.667. The number of rotatable bonds is 6. The van der Waals surface area contributed by atoms with Gasteiger partial charge in [-0.2, -0.15) is 4.31 Å². The van der Waals surface area contributed by atoms with Gasteiger partial charge in [0.1, 0.15) is 0 Å². The van der Waals surface area contributed by atoms with Gasteiger partial charge in [-0.3, -0.25) is 0 Å². The van der Waals surface area contributed by atoms with Crippen molar-refractivity contribution >= 4 is 10.0 Å². The molecule has 1 aliphatic heterocycles. The maximum absolute atomic E-state index is 12.3. The molecule has 0 bridgehead atoms. The third kappa shape index (κ3) is 3.36. The number of aromatic amines is 1. The van der Waals surface area contributed by atoms with Gasteiger partial charge in [-0.05, 0) is 32.0 Å². The van der Waals surface area contributed by atoms with Gasteiger partial charge in [-0.15, -0.1) is 0 Å². The standard InChI is InChI=1S/C12H21N3O3S/c1-14(6-7-15-4-2-3-5-15)19(17,18)12-8-11(10-16)13-9-12/h8-9,13,16H,2-7,10H2,1H3. The second-order valence-electron chi connectivity index (χ2n) is 4.89. The van der Waals surface area contributed by atoms with Crippen molar-refractivity contribution in [2.24, 2.45) is 0 Å². The molecule has 2 rings (SSSR count). The monoisotopic (exact) mass is 287 g/mol. The number of aliphatic hydroxyl groups is 1. The van der Waals surface area contributed by atoms with E-state index in [1.807, 2.05) is 0 Å². The summed E-state index contributed by atoms with van der Waals surface area (Å²) in [5.41, 5.74) is 0.506. The van der Waals surface area contributed by atoms with Crippen LogP contribution in [0.3, 0.4) is 0 Å². The Hall–Kier alpha value is -0.890. The zero-order chi connectivity index (χ0) is 13.9. The number of nitrogens with zero attached hydrogens (tertiary/aromatic N) is 2. The molecule has 0 radical (unpaired) electrons. The number of nitrogens with one attached hydrogen (secondary N) is 1. The minimum Gasteiger partial charge on any atom is -0.390 e. The van der Waals surface area contributed by atoms with E-state index in [4.69, 9.17) is 5.11 Å². The maximum atomic E-state index is 12.3. The Morgan fingerprint density at radius 3 is 2.68 bits per heavy atom. The van der Waals surface area contributed by atoms with Crippen LogP contribution in [0.1, 0.15) is 18.5 Å². The van der Waals surface area contributed by atoms with Gasteiger partial charge in [0, 0.05) is 32.0 Å². The highest BCUT2D eigenvalue weighted by Crippen LogP contribution is 2.16. The van der Waals surface area contributed by atoms with Crippen LogP contribution in [0, 0.1) is 0 Å². The van der Waals surface area contributed by atoms with Gasteiger partial charge in [0.15, 0.2) is 0 Å². The predicted molar refractivity (Wildman–Crippen MR) is 72.2 cm³/mol. The summed E-state index contributed by atoms with van der Waals surface area (Å²) in [4.78, 5) is 5.24. The van der Waals surface area contributed by atoms with E-state index in [-0.39, 0.29) is 11.5 Å². The number of hydrogen-bond donors (Lipinski definition) is 2. The fourth-order valence-electron chi connectivity index (χ4n) is 2.25. The van der Waals surface area contributed by atoms with E-state index < -0.39 is 10.0 Å². The topological polar surface area (TPSA) is 76.6 Å². The summed E-state index contributed by atoms with van der Waals surface area (Å²) in [6.45, 7) is 3.20. The molecule has 0 aromatic carbocycles. The van der Waals surface area contributed by atoms with Crippen LogP contribution in [0.4, 0.5) is 0 Å². The van der Waals surface area contributed by atoms with E-state index in [1.165, 1.54) is 29.4 Å². The summed E-state index contributed by atoms with van der Waals surface area (Å²) in [7, 11) is -1.86. The highest BCUT2D eigenvalue weighted by molar-refractivity contribution is 7.89. The summed E-state index contributed by atoms with van der Waals surface area (Å²) in [6.07, 6.45) is 3.83. The molecule has 0 saturated carbocycles.